The third-order valence-corrected chi connectivity index (χ3v) is 8.37. The number of aromatic nitrogens is 2. The number of nitrogens with one attached hydrogen (secondary N) is 1. The highest BCUT2D eigenvalue weighted by Crippen LogP contribution is 2.53. The number of hydrogen-bond donors (Lipinski definition) is 1. The number of para-hydroxylation sites is 1. The smallest absolute Gasteiger partial charge is 0.405 e. The minimum Gasteiger partial charge on any atom is -0.405 e. The molecule has 0 aliphatic heterocycles. The van der Waals surface area contributed by atoms with Gasteiger partial charge in [0.1, 0.15) is 0 Å². The minimum atomic E-state index is -0.354. The first-order chi connectivity index (χ1) is 17.1. The molecule has 182 valence electrons. The second kappa shape index (κ2) is 9.40. The van der Waals surface area contributed by atoms with Crippen molar-refractivity contribution < 1.29 is 9.53 Å². The van der Waals surface area contributed by atoms with Crippen LogP contribution in [0.1, 0.15) is 37.7 Å². The molecule has 4 aliphatic carbocycles. The van der Waals surface area contributed by atoms with Crippen LogP contribution in [-0.2, 0) is 6.42 Å². The van der Waals surface area contributed by atoms with Crippen LogP contribution in [0.15, 0.2) is 66.9 Å². The predicted molar refractivity (Wildman–Crippen MR) is 137 cm³/mol. The zero-order valence-corrected chi connectivity index (χ0v) is 20.3. The highest BCUT2D eigenvalue weighted by molar-refractivity contribution is 5.73. The second-order valence-electron chi connectivity index (χ2n) is 10.7. The van der Waals surface area contributed by atoms with Crippen molar-refractivity contribution in [2.24, 2.45) is 23.7 Å². The minimum absolute atomic E-state index is 0.249. The lowest BCUT2D eigenvalue weighted by molar-refractivity contribution is -0.0114. The van der Waals surface area contributed by atoms with Gasteiger partial charge in [0.15, 0.2) is 11.6 Å². The first-order valence-corrected chi connectivity index (χ1v) is 13.0. The molecule has 3 aromatic rings. The van der Waals surface area contributed by atoms with Gasteiger partial charge in [-0.2, -0.15) is 5.10 Å². The van der Waals surface area contributed by atoms with Gasteiger partial charge in [0.2, 0.25) is 0 Å². The number of benzene rings is 2. The molecular formula is C29H34N4O2. The van der Waals surface area contributed by atoms with E-state index in [1.807, 2.05) is 48.1 Å². The molecule has 1 N–H and O–H groups in total. The number of rotatable bonds is 7. The summed E-state index contributed by atoms with van der Waals surface area (Å²) in [5.41, 5.74) is 2.21. The van der Waals surface area contributed by atoms with E-state index in [0.29, 0.717) is 17.6 Å². The van der Waals surface area contributed by atoms with E-state index in [1.165, 1.54) is 37.7 Å². The first-order valence-electron chi connectivity index (χ1n) is 13.0. The monoisotopic (exact) mass is 470 g/mol. The lowest BCUT2D eigenvalue weighted by atomic mass is 9.54. The summed E-state index contributed by atoms with van der Waals surface area (Å²) in [4.78, 5) is 15.2. The molecule has 2 aromatic carbocycles. The van der Waals surface area contributed by atoms with E-state index in [4.69, 9.17) is 4.74 Å². The summed E-state index contributed by atoms with van der Waals surface area (Å²) in [6.07, 6.45) is 8.65. The van der Waals surface area contributed by atoms with Crippen LogP contribution in [-0.4, -0.2) is 35.5 Å². The lowest BCUT2D eigenvalue weighted by Crippen LogP contribution is -2.56. The van der Waals surface area contributed by atoms with Gasteiger partial charge >= 0.3 is 6.09 Å². The van der Waals surface area contributed by atoms with Crippen molar-refractivity contribution in [3.8, 4) is 11.4 Å². The number of hydrogen-bond acceptors (Lipinski definition) is 4. The van der Waals surface area contributed by atoms with Crippen LogP contribution in [0, 0.1) is 23.7 Å². The molecule has 4 fully saturated rings. The van der Waals surface area contributed by atoms with Crippen LogP contribution in [0.3, 0.4) is 0 Å². The van der Waals surface area contributed by atoms with E-state index in [2.05, 4.69) is 39.6 Å². The number of carbonyl (C=O) groups excluding carboxylic acids is 1. The summed E-state index contributed by atoms with van der Waals surface area (Å²) in [7, 11) is 2.03. The van der Waals surface area contributed by atoms with Gasteiger partial charge in [-0.05, 0) is 79.9 Å². The third kappa shape index (κ3) is 4.54. The molecule has 4 aliphatic rings. The summed E-state index contributed by atoms with van der Waals surface area (Å²) in [5, 5.41) is 7.87. The summed E-state index contributed by atoms with van der Waals surface area (Å²) < 4.78 is 7.81. The van der Waals surface area contributed by atoms with Crippen molar-refractivity contribution in [3.05, 3.63) is 72.4 Å². The molecule has 6 heteroatoms. The van der Waals surface area contributed by atoms with Crippen LogP contribution >= 0.6 is 0 Å². The number of nitrogens with zero attached hydrogens (tertiary/aromatic N) is 3. The average molecular weight is 471 g/mol. The van der Waals surface area contributed by atoms with Crippen molar-refractivity contribution in [2.75, 3.05) is 18.5 Å². The van der Waals surface area contributed by atoms with Gasteiger partial charge in [-0.15, -0.1) is 0 Å². The van der Waals surface area contributed by atoms with Crippen LogP contribution in [0.5, 0.6) is 5.75 Å². The van der Waals surface area contributed by atoms with Crippen LogP contribution < -0.4 is 15.0 Å². The van der Waals surface area contributed by atoms with Crippen LogP contribution in [0.4, 0.5) is 10.6 Å². The molecule has 4 bridgehead atoms. The predicted octanol–water partition coefficient (Wildman–Crippen LogP) is 5.46. The van der Waals surface area contributed by atoms with Crippen molar-refractivity contribution in [2.45, 2.75) is 44.6 Å². The Kier molecular flexibility index (Phi) is 5.96. The zero-order valence-electron chi connectivity index (χ0n) is 20.3. The number of likely N-dealkylation sites (N-methyl/N-ethyl adjacent to an activating group) is 1. The molecular weight excluding hydrogens is 436 g/mol. The summed E-state index contributed by atoms with van der Waals surface area (Å²) in [6.45, 7) is 0.774. The number of amides is 1. The van der Waals surface area contributed by atoms with E-state index in [9.17, 15) is 4.79 Å². The number of ether oxygens (including phenoxy) is 1. The van der Waals surface area contributed by atoms with Crippen molar-refractivity contribution in [1.82, 2.24) is 15.1 Å². The van der Waals surface area contributed by atoms with Crippen molar-refractivity contribution in [1.29, 1.82) is 0 Å². The molecule has 0 spiro atoms. The molecule has 0 unspecified atom stereocenters. The molecule has 1 amide bonds. The fourth-order valence-electron chi connectivity index (χ4n) is 6.98. The van der Waals surface area contributed by atoms with Crippen LogP contribution in [0.2, 0.25) is 0 Å². The van der Waals surface area contributed by atoms with Gasteiger partial charge < -0.3 is 15.0 Å². The number of anilines is 1. The standard InChI is InChI=1S/C29H34N4O2/c1-32(13-12-20-8-4-2-5-9-20)28-26(19-30-33(28)25-10-6-3-7-11-25)35-29(34)31-27-23-15-21-14-22(17-23)18-24(27)16-21/h2-11,19,21-24,27H,12-18H2,1H3,(H,31,34). The SMILES string of the molecule is CN(CCc1ccccc1)c1c(OC(=O)NC2C3CC4CC(C3)CC2C4)cnn1-c1ccccc1. The molecule has 1 heterocycles. The second-order valence-corrected chi connectivity index (χ2v) is 10.7. The third-order valence-electron chi connectivity index (χ3n) is 8.37. The van der Waals surface area contributed by atoms with E-state index in [0.717, 1.165) is 36.3 Å². The molecule has 7 rings (SSSR count). The van der Waals surface area contributed by atoms with E-state index in [-0.39, 0.29) is 12.1 Å². The fraction of sp³-hybridized carbons (Fsp3) is 0.448. The van der Waals surface area contributed by atoms with Gasteiger partial charge in [-0.25, -0.2) is 9.48 Å². The Labute approximate surface area is 207 Å². The quantitative estimate of drug-likeness (QED) is 0.498. The highest BCUT2D eigenvalue weighted by Gasteiger charge is 2.48. The topological polar surface area (TPSA) is 59.4 Å². The summed E-state index contributed by atoms with van der Waals surface area (Å²) in [6, 6.07) is 20.7. The maximum atomic E-state index is 13.1. The molecule has 6 nitrogen and oxygen atoms in total. The van der Waals surface area contributed by atoms with Gasteiger partial charge in [-0.3, -0.25) is 0 Å². The van der Waals surface area contributed by atoms with Crippen LogP contribution in [0.25, 0.3) is 5.69 Å². The van der Waals surface area contributed by atoms with Gasteiger partial charge in [0, 0.05) is 19.6 Å². The molecule has 1 aromatic heterocycles. The first kappa shape index (κ1) is 22.2. The highest BCUT2D eigenvalue weighted by atomic mass is 16.6. The average Bonchev–Trinajstić information content (AvgIpc) is 3.29. The molecule has 0 radical (unpaired) electrons. The Morgan fingerprint density at radius 1 is 0.971 bits per heavy atom. The van der Waals surface area contributed by atoms with E-state index < -0.39 is 0 Å². The Morgan fingerprint density at radius 2 is 1.60 bits per heavy atom. The van der Waals surface area contributed by atoms with E-state index >= 15 is 0 Å². The molecule has 0 saturated heterocycles. The van der Waals surface area contributed by atoms with Gasteiger partial charge in [0.25, 0.3) is 0 Å². The van der Waals surface area contributed by atoms with Crippen molar-refractivity contribution >= 4 is 11.9 Å². The van der Waals surface area contributed by atoms with E-state index in [1.54, 1.807) is 6.20 Å². The van der Waals surface area contributed by atoms with Crippen molar-refractivity contribution in [3.63, 3.8) is 0 Å². The fourth-order valence-corrected chi connectivity index (χ4v) is 6.98. The zero-order chi connectivity index (χ0) is 23.8. The summed E-state index contributed by atoms with van der Waals surface area (Å²) in [5.74, 6) is 4.25. The van der Waals surface area contributed by atoms with Gasteiger partial charge in [-0.1, -0.05) is 48.5 Å². The Hall–Kier alpha value is -3.28. The Balaban J connectivity index is 1.20. The summed E-state index contributed by atoms with van der Waals surface area (Å²) >= 11 is 0. The maximum Gasteiger partial charge on any atom is 0.413 e. The molecule has 35 heavy (non-hydrogen) atoms. The lowest BCUT2D eigenvalue weighted by Gasteiger charge is -2.54. The molecule has 0 atom stereocenters. The molecule has 4 saturated carbocycles. The normalized spacial score (nSPS) is 26.5. The largest absolute Gasteiger partial charge is 0.413 e. The Morgan fingerprint density at radius 3 is 2.26 bits per heavy atom. The van der Waals surface area contributed by atoms with Gasteiger partial charge in [0.05, 0.1) is 11.9 Å². The Bertz CT molecular complexity index is 1130. The maximum absolute atomic E-state index is 13.1. The number of carbonyl (C=O) groups is 1.